The highest BCUT2D eigenvalue weighted by atomic mass is 19.2. The number of aliphatic hydroxyl groups excluding tert-OH is 1. The first-order valence-electron chi connectivity index (χ1n) is 6.33. The molecular weight excluding hydrogens is 297 g/mol. The van der Waals surface area contributed by atoms with E-state index in [2.05, 4.69) is 5.32 Å². The van der Waals surface area contributed by atoms with E-state index in [1.807, 2.05) is 0 Å². The van der Waals surface area contributed by atoms with E-state index in [-0.39, 0.29) is 13.0 Å². The smallest absolute Gasteiger partial charge is 0.207 e. The fourth-order valence-electron chi connectivity index (χ4n) is 2.48. The molecule has 1 aromatic rings. The second-order valence-electron chi connectivity index (χ2n) is 5.07. The number of hydrogen-bond donors (Lipinski definition) is 2. The summed E-state index contributed by atoms with van der Waals surface area (Å²) in [5.74, 6) is -11.5. The average molecular weight is 311 g/mol. The van der Waals surface area contributed by atoms with Gasteiger partial charge in [0.1, 0.15) is 6.10 Å². The Bertz CT molecular complexity index is 519. The summed E-state index contributed by atoms with van der Waals surface area (Å²) in [6.07, 6.45) is 0.221. The lowest BCUT2D eigenvalue weighted by Gasteiger charge is -2.26. The van der Waals surface area contributed by atoms with Crippen molar-refractivity contribution in [1.82, 2.24) is 5.32 Å². The van der Waals surface area contributed by atoms with Crippen molar-refractivity contribution >= 4 is 0 Å². The Morgan fingerprint density at radius 3 is 2.05 bits per heavy atom. The minimum atomic E-state index is -2.22. The van der Waals surface area contributed by atoms with Crippen molar-refractivity contribution in [3.05, 3.63) is 29.1 Å². The summed E-state index contributed by atoms with van der Waals surface area (Å²) in [7, 11) is 1.61. The van der Waals surface area contributed by atoms with Crippen LogP contribution in [0.5, 0.6) is 5.75 Å². The van der Waals surface area contributed by atoms with Gasteiger partial charge >= 0.3 is 0 Å². The lowest BCUT2D eigenvalue weighted by atomic mass is 9.99. The number of halogens is 5. The van der Waals surface area contributed by atoms with Gasteiger partial charge in [-0.3, -0.25) is 0 Å². The van der Waals surface area contributed by atoms with E-state index in [1.54, 1.807) is 7.05 Å². The Balaban J connectivity index is 2.26. The summed E-state index contributed by atoms with van der Waals surface area (Å²) in [5, 5.41) is 12.2. The molecular formula is C13H14F5NO2. The van der Waals surface area contributed by atoms with Crippen LogP contribution in [-0.4, -0.2) is 30.4 Å². The fourth-order valence-corrected chi connectivity index (χ4v) is 2.48. The molecule has 0 saturated heterocycles. The van der Waals surface area contributed by atoms with Crippen LogP contribution >= 0.6 is 0 Å². The van der Waals surface area contributed by atoms with Crippen LogP contribution < -0.4 is 10.1 Å². The van der Waals surface area contributed by atoms with Gasteiger partial charge in [0.25, 0.3) is 0 Å². The van der Waals surface area contributed by atoms with Crippen molar-refractivity contribution in [1.29, 1.82) is 0 Å². The molecule has 0 bridgehead atoms. The Morgan fingerprint density at radius 1 is 1.10 bits per heavy atom. The van der Waals surface area contributed by atoms with Gasteiger partial charge in [-0.05, 0) is 19.9 Å². The van der Waals surface area contributed by atoms with Crippen molar-refractivity contribution in [2.45, 2.75) is 30.9 Å². The van der Waals surface area contributed by atoms with Crippen LogP contribution in [0.3, 0.4) is 0 Å². The average Bonchev–Trinajstić information content (AvgIpc) is 2.91. The molecule has 2 atom stereocenters. The van der Waals surface area contributed by atoms with Crippen LogP contribution in [0.4, 0.5) is 22.0 Å². The number of nitrogens with one attached hydrogen (secondary N) is 1. The highest BCUT2D eigenvalue weighted by Crippen LogP contribution is 2.35. The van der Waals surface area contributed by atoms with Crippen molar-refractivity contribution in [2.75, 3.05) is 13.7 Å². The maximum Gasteiger partial charge on any atom is 0.207 e. The van der Waals surface area contributed by atoms with E-state index in [4.69, 9.17) is 4.74 Å². The monoisotopic (exact) mass is 311 g/mol. The summed E-state index contributed by atoms with van der Waals surface area (Å²) in [5.41, 5.74) is -0.672. The van der Waals surface area contributed by atoms with Gasteiger partial charge in [-0.25, -0.2) is 13.2 Å². The van der Waals surface area contributed by atoms with Gasteiger partial charge in [-0.2, -0.15) is 8.78 Å². The zero-order valence-electron chi connectivity index (χ0n) is 11.2. The molecule has 1 saturated carbocycles. The van der Waals surface area contributed by atoms with Crippen LogP contribution in [0, 0.1) is 29.1 Å². The molecule has 1 aromatic carbocycles. The summed E-state index contributed by atoms with van der Waals surface area (Å²) < 4.78 is 71.0. The Morgan fingerprint density at radius 2 is 1.62 bits per heavy atom. The summed E-state index contributed by atoms with van der Waals surface area (Å²) >= 11 is 0. The van der Waals surface area contributed by atoms with Crippen molar-refractivity contribution in [3.63, 3.8) is 0 Å². The van der Waals surface area contributed by atoms with Gasteiger partial charge in [0.05, 0.1) is 6.61 Å². The number of aliphatic hydroxyl groups is 1. The number of benzene rings is 1. The maximum atomic E-state index is 13.5. The van der Waals surface area contributed by atoms with E-state index in [9.17, 15) is 27.1 Å². The number of ether oxygens (including phenoxy) is 1. The summed E-state index contributed by atoms with van der Waals surface area (Å²) in [6.45, 7) is -0.222. The molecule has 2 unspecified atom stereocenters. The van der Waals surface area contributed by atoms with Crippen LogP contribution in [-0.2, 0) is 0 Å². The van der Waals surface area contributed by atoms with Crippen molar-refractivity contribution in [2.24, 2.45) is 0 Å². The molecule has 0 spiro atoms. The normalized spacial score (nSPS) is 25.4. The second kappa shape index (κ2) is 5.76. The van der Waals surface area contributed by atoms with Gasteiger partial charge < -0.3 is 15.2 Å². The highest BCUT2D eigenvalue weighted by molar-refractivity contribution is 5.30. The Hall–Kier alpha value is -1.41. The molecule has 21 heavy (non-hydrogen) atoms. The van der Waals surface area contributed by atoms with Gasteiger partial charge in [0.2, 0.25) is 29.1 Å². The highest BCUT2D eigenvalue weighted by Gasteiger charge is 2.40. The minimum Gasteiger partial charge on any atom is -0.484 e. The predicted molar refractivity (Wildman–Crippen MR) is 63.4 cm³/mol. The predicted octanol–water partition coefficient (Wildman–Crippen LogP) is 2.26. The van der Waals surface area contributed by atoms with E-state index in [0.29, 0.717) is 12.8 Å². The third-order valence-corrected chi connectivity index (χ3v) is 3.85. The topological polar surface area (TPSA) is 41.5 Å². The zero-order valence-corrected chi connectivity index (χ0v) is 11.2. The van der Waals surface area contributed by atoms with E-state index in [1.165, 1.54) is 0 Å². The number of likely N-dealkylation sites (N-methyl/N-ethyl adjacent to an activating group) is 1. The van der Waals surface area contributed by atoms with Gasteiger partial charge in [-0.15, -0.1) is 0 Å². The summed E-state index contributed by atoms with van der Waals surface area (Å²) in [6, 6.07) is 0. The SMILES string of the molecule is CNC1(CO)CCC(Oc2c(F)c(F)c(F)c(F)c2F)C1. The summed E-state index contributed by atoms with van der Waals surface area (Å²) in [4.78, 5) is 0. The largest absolute Gasteiger partial charge is 0.484 e. The first-order valence-corrected chi connectivity index (χ1v) is 6.33. The molecule has 1 aliphatic rings. The second-order valence-corrected chi connectivity index (χ2v) is 5.07. The van der Waals surface area contributed by atoms with Crippen molar-refractivity contribution in [3.8, 4) is 5.75 Å². The quantitative estimate of drug-likeness (QED) is 0.509. The molecule has 0 aromatic heterocycles. The molecule has 2 rings (SSSR count). The van der Waals surface area contributed by atoms with E-state index < -0.39 is 46.5 Å². The van der Waals surface area contributed by atoms with Crippen LogP contribution in [0.25, 0.3) is 0 Å². The lowest BCUT2D eigenvalue weighted by Crippen LogP contribution is -2.44. The molecule has 0 radical (unpaired) electrons. The molecule has 1 fully saturated rings. The standard InChI is InChI=1S/C13H14F5NO2/c1-19-13(5-20)3-2-6(4-13)21-12-10(17)8(15)7(14)9(16)11(12)18/h6,19-20H,2-5H2,1H3. The molecule has 1 aliphatic carbocycles. The fraction of sp³-hybridized carbons (Fsp3) is 0.538. The molecule has 118 valence electrons. The molecule has 8 heteroatoms. The number of rotatable bonds is 4. The van der Waals surface area contributed by atoms with Gasteiger partial charge in [-0.1, -0.05) is 0 Å². The lowest BCUT2D eigenvalue weighted by molar-refractivity contribution is 0.139. The molecule has 2 N–H and O–H groups in total. The third kappa shape index (κ3) is 2.69. The third-order valence-electron chi connectivity index (χ3n) is 3.85. The van der Waals surface area contributed by atoms with Crippen LogP contribution in [0.2, 0.25) is 0 Å². The van der Waals surface area contributed by atoms with E-state index >= 15 is 0 Å². The van der Waals surface area contributed by atoms with Crippen molar-refractivity contribution < 1.29 is 31.8 Å². The van der Waals surface area contributed by atoms with Crippen LogP contribution in [0.1, 0.15) is 19.3 Å². The molecule has 0 aliphatic heterocycles. The first kappa shape index (κ1) is 16.0. The van der Waals surface area contributed by atoms with Gasteiger partial charge in [0, 0.05) is 12.0 Å². The zero-order chi connectivity index (χ0) is 15.8. The maximum absolute atomic E-state index is 13.5. The molecule has 0 heterocycles. The number of hydrogen-bond acceptors (Lipinski definition) is 3. The van der Waals surface area contributed by atoms with Crippen LogP contribution in [0.15, 0.2) is 0 Å². The van der Waals surface area contributed by atoms with Gasteiger partial charge in [0.15, 0.2) is 5.75 Å². The minimum absolute atomic E-state index is 0.194. The Labute approximate surface area is 117 Å². The molecule has 3 nitrogen and oxygen atoms in total. The van der Waals surface area contributed by atoms with E-state index in [0.717, 1.165) is 0 Å². The first-order chi connectivity index (χ1) is 9.85. The Kier molecular flexibility index (Phi) is 4.38. The molecule has 0 amide bonds.